The molecule has 29 heavy (non-hydrogen) atoms. The number of rotatable bonds is 4. The van der Waals surface area contributed by atoms with Crippen molar-refractivity contribution in [1.82, 2.24) is 4.90 Å². The van der Waals surface area contributed by atoms with Crippen molar-refractivity contribution >= 4 is 0 Å². The van der Waals surface area contributed by atoms with Crippen molar-refractivity contribution in [2.45, 2.75) is 43.6 Å². The normalized spacial score (nSPS) is 22.3. The molecule has 0 spiro atoms. The average Bonchev–Trinajstić information content (AvgIpc) is 2.73. The van der Waals surface area contributed by atoms with E-state index in [4.69, 9.17) is 4.74 Å². The van der Waals surface area contributed by atoms with E-state index in [0.717, 1.165) is 38.1 Å². The third kappa shape index (κ3) is 4.49. The maximum Gasteiger partial charge on any atom is 0.416 e. The quantitative estimate of drug-likeness (QED) is 0.801. The number of likely N-dealkylation sites (tertiary alicyclic amines) is 1. The van der Waals surface area contributed by atoms with Gasteiger partial charge in [-0.3, -0.25) is 0 Å². The Balaban J connectivity index is 1.33. The average molecular weight is 405 g/mol. The van der Waals surface area contributed by atoms with Crippen LogP contribution in [0, 0.1) is 0 Å². The SMILES string of the molecule is OC1(c2ccc(C(F)(F)F)cc2)CCN(CCC2OCCc3ccccc32)CC1. The second-order valence-electron chi connectivity index (χ2n) is 8.05. The molecule has 1 fully saturated rings. The number of ether oxygens (including phenoxy) is 1. The Morgan fingerprint density at radius 2 is 1.72 bits per heavy atom. The molecule has 2 aromatic carbocycles. The summed E-state index contributed by atoms with van der Waals surface area (Å²) in [6.07, 6.45) is -1.37. The van der Waals surface area contributed by atoms with Crippen molar-refractivity contribution in [3.8, 4) is 0 Å². The number of hydrogen-bond donors (Lipinski definition) is 1. The molecule has 4 rings (SSSR count). The fourth-order valence-electron chi connectivity index (χ4n) is 4.42. The van der Waals surface area contributed by atoms with Gasteiger partial charge in [-0.05, 0) is 54.5 Å². The van der Waals surface area contributed by atoms with E-state index in [0.29, 0.717) is 31.5 Å². The monoisotopic (exact) mass is 405 g/mol. The number of aliphatic hydroxyl groups is 1. The highest BCUT2D eigenvalue weighted by Gasteiger charge is 2.36. The largest absolute Gasteiger partial charge is 0.416 e. The van der Waals surface area contributed by atoms with Crippen LogP contribution in [0.2, 0.25) is 0 Å². The molecule has 1 N–H and O–H groups in total. The van der Waals surface area contributed by atoms with Crippen LogP contribution in [0.15, 0.2) is 48.5 Å². The van der Waals surface area contributed by atoms with Crippen LogP contribution in [0.4, 0.5) is 13.2 Å². The lowest BCUT2D eigenvalue weighted by atomic mass is 9.84. The van der Waals surface area contributed by atoms with E-state index in [1.165, 1.54) is 23.3 Å². The van der Waals surface area contributed by atoms with E-state index in [9.17, 15) is 18.3 Å². The maximum atomic E-state index is 12.8. The fourth-order valence-corrected chi connectivity index (χ4v) is 4.42. The van der Waals surface area contributed by atoms with Gasteiger partial charge in [0, 0.05) is 19.6 Å². The second kappa shape index (κ2) is 8.09. The molecule has 0 aliphatic carbocycles. The fraction of sp³-hybridized carbons (Fsp3) is 0.478. The van der Waals surface area contributed by atoms with Gasteiger partial charge in [0.2, 0.25) is 0 Å². The third-order valence-corrected chi connectivity index (χ3v) is 6.23. The number of fused-ring (bicyclic) bond motifs is 1. The van der Waals surface area contributed by atoms with E-state index in [2.05, 4.69) is 23.1 Å². The topological polar surface area (TPSA) is 32.7 Å². The molecule has 0 aromatic heterocycles. The minimum atomic E-state index is -4.36. The summed E-state index contributed by atoms with van der Waals surface area (Å²) >= 11 is 0. The van der Waals surface area contributed by atoms with Gasteiger partial charge >= 0.3 is 6.18 Å². The third-order valence-electron chi connectivity index (χ3n) is 6.23. The maximum absolute atomic E-state index is 12.8. The second-order valence-corrected chi connectivity index (χ2v) is 8.05. The van der Waals surface area contributed by atoms with Gasteiger partial charge in [-0.15, -0.1) is 0 Å². The van der Waals surface area contributed by atoms with Gasteiger partial charge in [0.25, 0.3) is 0 Å². The van der Waals surface area contributed by atoms with Crippen molar-refractivity contribution in [3.05, 3.63) is 70.8 Å². The minimum absolute atomic E-state index is 0.107. The molecule has 0 radical (unpaired) electrons. The van der Waals surface area contributed by atoms with E-state index in [1.807, 2.05) is 6.07 Å². The summed E-state index contributed by atoms with van der Waals surface area (Å²) in [6.45, 7) is 3.05. The first-order valence-corrected chi connectivity index (χ1v) is 10.2. The summed E-state index contributed by atoms with van der Waals surface area (Å²) < 4.78 is 44.3. The van der Waals surface area contributed by atoms with Crippen LogP contribution in [-0.4, -0.2) is 36.2 Å². The van der Waals surface area contributed by atoms with Gasteiger partial charge in [-0.1, -0.05) is 36.4 Å². The van der Waals surface area contributed by atoms with Gasteiger partial charge in [0.05, 0.1) is 23.9 Å². The van der Waals surface area contributed by atoms with Crippen molar-refractivity contribution < 1.29 is 23.0 Å². The standard InChI is InChI=1S/C23H26F3NO2/c24-23(25,26)19-7-5-18(6-8-19)22(28)11-14-27(15-12-22)13-9-21-20-4-2-1-3-17(20)10-16-29-21/h1-8,21,28H,9-16H2. The Morgan fingerprint density at radius 1 is 1.03 bits per heavy atom. The molecule has 1 atom stereocenters. The number of alkyl halides is 3. The summed E-state index contributed by atoms with van der Waals surface area (Å²) in [6, 6.07) is 13.3. The summed E-state index contributed by atoms with van der Waals surface area (Å²) in [7, 11) is 0. The van der Waals surface area contributed by atoms with Gasteiger partial charge < -0.3 is 14.7 Å². The molecule has 1 unspecified atom stereocenters. The zero-order chi connectivity index (χ0) is 20.5. The van der Waals surface area contributed by atoms with E-state index in [-0.39, 0.29) is 6.10 Å². The predicted molar refractivity (Wildman–Crippen MR) is 104 cm³/mol. The Bertz CT molecular complexity index is 827. The molecule has 2 aliphatic rings. The molecular formula is C23H26F3NO2. The van der Waals surface area contributed by atoms with Crippen molar-refractivity contribution in [2.24, 2.45) is 0 Å². The van der Waals surface area contributed by atoms with Crippen molar-refractivity contribution in [2.75, 3.05) is 26.2 Å². The Kier molecular flexibility index (Phi) is 5.69. The van der Waals surface area contributed by atoms with E-state index >= 15 is 0 Å². The van der Waals surface area contributed by atoms with Crippen LogP contribution < -0.4 is 0 Å². The molecule has 2 heterocycles. The lowest BCUT2D eigenvalue weighted by Crippen LogP contribution is -2.43. The highest BCUT2D eigenvalue weighted by Crippen LogP contribution is 2.36. The molecular weight excluding hydrogens is 379 g/mol. The number of benzene rings is 2. The number of hydrogen-bond acceptors (Lipinski definition) is 3. The summed E-state index contributed by atoms with van der Waals surface area (Å²) in [5.74, 6) is 0. The molecule has 0 bridgehead atoms. The van der Waals surface area contributed by atoms with Gasteiger partial charge in [0.15, 0.2) is 0 Å². The van der Waals surface area contributed by atoms with Gasteiger partial charge in [-0.2, -0.15) is 13.2 Å². The van der Waals surface area contributed by atoms with E-state index < -0.39 is 17.3 Å². The molecule has 2 aliphatic heterocycles. The van der Waals surface area contributed by atoms with Crippen LogP contribution in [-0.2, 0) is 22.9 Å². The lowest BCUT2D eigenvalue weighted by molar-refractivity contribution is -0.137. The van der Waals surface area contributed by atoms with Crippen LogP contribution in [0.1, 0.15) is 47.6 Å². The van der Waals surface area contributed by atoms with Crippen LogP contribution >= 0.6 is 0 Å². The number of halogens is 3. The van der Waals surface area contributed by atoms with Crippen molar-refractivity contribution in [3.63, 3.8) is 0 Å². The molecule has 3 nitrogen and oxygen atoms in total. The molecule has 1 saturated heterocycles. The molecule has 0 saturated carbocycles. The zero-order valence-electron chi connectivity index (χ0n) is 16.3. The summed E-state index contributed by atoms with van der Waals surface area (Å²) in [4.78, 5) is 2.30. The van der Waals surface area contributed by atoms with Crippen LogP contribution in [0.25, 0.3) is 0 Å². The number of piperidine rings is 1. The summed E-state index contributed by atoms with van der Waals surface area (Å²) in [5.41, 5.74) is 1.45. The predicted octanol–water partition coefficient (Wildman–Crippen LogP) is 4.69. The molecule has 156 valence electrons. The number of nitrogens with zero attached hydrogens (tertiary/aromatic N) is 1. The first-order valence-electron chi connectivity index (χ1n) is 10.2. The Hall–Kier alpha value is -1.89. The molecule has 6 heteroatoms. The summed E-state index contributed by atoms with van der Waals surface area (Å²) in [5, 5.41) is 11.0. The van der Waals surface area contributed by atoms with Crippen LogP contribution in [0.5, 0.6) is 0 Å². The van der Waals surface area contributed by atoms with Crippen LogP contribution in [0.3, 0.4) is 0 Å². The Morgan fingerprint density at radius 3 is 2.41 bits per heavy atom. The van der Waals surface area contributed by atoms with Gasteiger partial charge in [-0.25, -0.2) is 0 Å². The van der Waals surface area contributed by atoms with Crippen molar-refractivity contribution in [1.29, 1.82) is 0 Å². The minimum Gasteiger partial charge on any atom is -0.385 e. The Labute approximate surface area is 169 Å². The van der Waals surface area contributed by atoms with Gasteiger partial charge in [0.1, 0.15) is 0 Å². The first-order chi connectivity index (χ1) is 13.9. The van der Waals surface area contributed by atoms with E-state index in [1.54, 1.807) is 0 Å². The zero-order valence-corrected chi connectivity index (χ0v) is 16.3. The lowest BCUT2D eigenvalue weighted by Gasteiger charge is -2.39. The first kappa shape index (κ1) is 20.4. The smallest absolute Gasteiger partial charge is 0.385 e. The highest BCUT2D eigenvalue weighted by molar-refractivity contribution is 5.31. The molecule has 0 amide bonds. The highest BCUT2D eigenvalue weighted by atomic mass is 19.4. The molecule has 2 aromatic rings.